The average Bonchev–Trinajstić information content (AvgIpc) is 2.87. The molecule has 0 amide bonds. The molecule has 1 aliphatic rings. The van der Waals surface area contributed by atoms with E-state index in [1.54, 1.807) is 0 Å². The summed E-state index contributed by atoms with van der Waals surface area (Å²) in [6.45, 7) is 4.18. The summed E-state index contributed by atoms with van der Waals surface area (Å²) in [5, 5.41) is 10.1. The fraction of sp³-hybridized carbons (Fsp3) is 0.667. The molecule has 1 saturated carbocycles. The predicted octanol–water partition coefficient (Wildman–Crippen LogP) is 2.99. The Morgan fingerprint density at radius 3 is 2.75 bits per heavy atom. The van der Waals surface area contributed by atoms with Crippen molar-refractivity contribution in [1.82, 2.24) is 4.98 Å². The molecule has 1 aliphatic carbocycles. The van der Waals surface area contributed by atoms with E-state index < -0.39 is 5.97 Å². The lowest BCUT2D eigenvalue weighted by Crippen LogP contribution is -2.02. The first-order chi connectivity index (χ1) is 7.56. The quantitative estimate of drug-likeness (QED) is 0.859. The summed E-state index contributed by atoms with van der Waals surface area (Å²) in [5.41, 5.74) is 0.781. The van der Waals surface area contributed by atoms with Crippen LogP contribution >= 0.6 is 11.3 Å². The Balaban J connectivity index is 2.18. The zero-order valence-electron chi connectivity index (χ0n) is 9.69. The molecule has 1 N–H and O–H groups in total. The molecule has 3 nitrogen and oxygen atoms in total. The Labute approximate surface area is 99.5 Å². The third-order valence-corrected chi connectivity index (χ3v) is 3.81. The van der Waals surface area contributed by atoms with Crippen molar-refractivity contribution in [3.05, 3.63) is 15.6 Å². The Bertz CT molecular complexity index is 394. The second-order valence-corrected chi connectivity index (χ2v) is 6.02. The second-order valence-electron chi connectivity index (χ2n) is 4.93. The molecule has 1 fully saturated rings. The maximum Gasteiger partial charge on any atom is 0.347 e. The van der Waals surface area contributed by atoms with Crippen molar-refractivity contribution in [3.63, 3.8) is 0 Å². The van der Waals surface area contributed by atoms with Gasteiger partial charge in [-0.15, -0.1) is 11.3 Å². The van der Waals surface area contributed by atoms with Crippen LogP contribution in [0.3, 0.4) is 0 Å². The van der Waals surface area contributed by atoms with Crippen molar-refractivity contribution in [3.8, 4) is 0 Å². The zero-order chi connectivity index (χ0) is 11.7. The Morgan fingerprint density at radius 1 is 1.56 bits per heavy atom. The summed E-state index contributed by atoms with van der Waals surface area (Å²) in [6.07, 6.45) is 4.30. The minimum absolute atomic E-state index is 0.448. The molecule has 1 heterocycles. The molecule has 88 valence electrons. The topological polar surface area (TPSA) is 50.2 Å². The largest absolute Gasteiger partial charge is 0.477 e. The van der Waals surface area contributed by atoms with Gasteiger partial charge in [-0.05, 0) is 31.1 Å². The van der Waals surface area contributed by atoms with Gasteiger partial charge in [0.05, 0.1) is 10.7 Å². The van der Waals surface area contributed by atoms with Gasteiger partial charge in [0, 0.05) is 6.42 Å². The minimum Gasteiger partial charge on any atom is -0.477 e. The maximum atomic E-state index is 11.1. The number of rotatable bonds is 5. The molecule has 0 saturated heterocycles. The van der Waals surface area contributed by atoms with E-state index in [9.17, 15) is 4.79 Å². The van der Waals surface area contributed by atoms with Crippen LogP contribution < -0.4 is 0 Å². The first-order valence-corrected chi connectivity index (χ1v) is 6.59. The highest BCUT2D eigenvalue weighted by Gasteiger charge is 2.25. The highest BCUT2D eigenvalue weighted by atomic mass is 32.1. The standard InChI is InChI=1S/C12H17NO2S/c1-7(2)5-9-11(12(14)15)16-10(13-9)6-8-3-4-8/h7-8H,3-6H2,1-2H3,(H,14,15). The van der Waals surface area contributed by atoms with Crippen molar-refractivity contribution in [2.24, 2.45) is 11.8 Å². The van der Waals surface area contributed by atoms with Crippen molar-refractivity contribution in [1.29, 1.82) is 0 Å². The normalized spacial score (nSPS) is 15.7. The van der Waals surface area contributed by atoms with Crippen LogP contribution in [0.1, 0.15) is 47.1 Å². The van der Waals surface area contributed by atoms with Crippen LogP contribution in [0.25, 0.3) is 0 Å². The van der Waals surface area contributed by atoms with Crippen LogP contribution in [-0.2, 0) is 12.8 Å². The maximum absolute atomic E-state index is 11.1. The molecular formula is C12H17NO2S. The van der Waals surface area contributed by atoms with E-state index in [1.165, 1.54) is 24.2 Å². The van der Waals surface area contributed by atoms with Gasteiger partial charge >= 0.3 is 5.97 Å². The van der Waals surface area contributed by atoms with Crippen molar-refractivity contribution < 1.29 is 9.90 Å². The number of hydrogen-bond donors (Lipinski definition) is 1. The number of nitrogens with zero attached hydrogens (tertiary/aromatic N) is 1. The lowest BCUT2D eigenvalue weighted by molar-refractivity contribution is 0.0700. The molecule has 0 unspecified atom stereocenters. The molecule has 0 aliphatic heterocycles. The first-order valence-electron chi connectivity index (χ1n) is 5.78. The van der Waals surface area contributed by atoms with Gasteiger partial charge in [-0.3, -0.25) is 0 Å². The molecule has 16 heavy (non-hydrogen) atoms. The predicted molar refractivity (Wildman–Crippen MR) is 64.0 cm³/mol. The van der Waals surface area contributed by atoms with E-state index in [0.29, 0.717) is 10.8 Å². The van der Waals surface area contributed by atoms with Gasteiger partial charge in [0.2, 0.25) is 0 Å². The third-order valence-electron chi connectivity index (χ3n) is 2.70. The Hall–Kier alpha value is -0.900. The van der Waals surface area contributed by atoms with Gasteiger partial charge in [-0.2, -0.15) is 0 Å². The third kappa shape index (κ3) is 2.82. The number of carboxylic acid groups (broad SMARTS) is 1. The molecule has 0 atom stereocenters. The summed E-state index contributed by atoms with van der Waals surface area (Å²) in [4.78, 5) is 16.0. The van der Waals surface area contributed by atoms with Crippen molar-refractivity contribution in [2.45, 2.75) is 39.5 Å². The van der Waals surface area contributed by atoms with Gasteiger partial charge in [0.25, 0.3) is 0 Å². The molecule has 1 aromatic heterocycles. The summed E-state index contributed by atoms with van der Waals surface area (Å²) >= 11 is 1.37. The van der Waals surface area contributed by atoms with E-state index in [0.717, 1.165) is 29.5 Å². The van der Waals surface area contributed by atoms with E-state index in [4.69, 9.17) is 5.11 Å². The average molecular weight is 239 g/mol. The molecule has 0 aromatic carbocycles. The number of aromatic carboxylic acids is 1. The van der Waals surface area contributed by atoms with Gasteiger partial charge in [-0.25, -0.2) is 9.78 Å². The molecule has 2 rings (SSSR count). The molecule has 0 spiro atoms. The van der Waals surface area contributed by atoms with Crippen molar-refractivity contribution >= 4 is 17.3 Å². The molecular weight excluding hydrogens is 222 g/mol. The first kappa shape index (κ1) is 11.6. The fourth-order valence-electron chi connectivity index (χ4n) is 1.75. The molecule has 1 aromatic rings. The van der Waals surface area contributed by atoms with Gasteiger partial charge in [-0.1, -0.05) is 13.8 Å². The summed E-state index contributed by atoms with van der Waals surface area (Å²) in [7, 11) is 0. The fourth-order valence-corrected chi connectivity index (χ4v) is 2.79. The highest BCUT2D eigenvalue weighted by Crippen LogP contribution is 2.34. The number of thiazole rings is 1. The van der Waals surface area contributed by atoms with Crippen LogP contribution in [-0.4, -0.2) is 16.1 Å². The van der Waals surface area contributed by atoms with E-state index in [1.807, 2.05) is 0 Å². The van der Waals surface area contributed by atoms with Crippen LogP contribution in [0, 0.1) is 11.8 Å². The summed E-state index contributed by atoms with van der Waals surface area (Å²) in [5.74, 6) is 0.392. The number of carboxylic acids is 1. The summed E-state index contributed by atoms with van der Waals surface area (Å²) in [6, 6.07) is 0. The number of carbonyl (C=O) groups is 1. The van der Waals surface area contributed by atoms with Crippen LogP contribution in [0.2, 0.25) is 0 Å². The second kappa shape index (κ2) is 4.53. The Kier molecular flexibility index (Phi) is 3.28. The van der Waals surface area contributed by atoms with Gasteiger partial charge < -0.3 is 5.11 Å². The minimum atomic E-state index is -0.824. The van der Waals surface area contributed by atoms with E-state index >= 15 is 0 Å². The lowest BCUT2D eigenvalue weighted by atomic mass is 10.1. The molecule has 4 heteroatoms. The lowest BCUT2D eigenvalue weighted by Gasteiger charge is -2.01. The smallest absolute Gasteiger partial charge is 0.347 e. The van der Waals surface area contributed by atoms with E-state index in [2.05, 4.69) is 18.8 Å². The van der Waals surface area contributed by atoms with Gasteiger partial charge in [0.1, 0.15) is 4.88 Å². The molecule has 0 bridgehead atoms. The van der Waals surface area contributed by atoms with E-state index in [-0.39, 0.29) is 0 Å². The summed E-state index contributed by atoms with van der Waals surface area (Å²) < 4.78 is 0. The number of aromatic nitrogens is 1. The zero-order valence-corrected chi connectivity index (χ0v) is 10.5. The van der Waals surface area contributed by atoms with Crippen LogP contribution in [0.4, 0.5) is 0 Å². The van der Waals surface area contributed by atoms with Gasteiger partial charge in [0.15, 0.2) is 0 Å². The van der Waals surface area contributed by atoms with Crippen molar-refractivity contribution in [2.75, 3.05) is 0 Å². The Morgan fingerprint density at radius 2 is 2.25 bits per heavy atom. The monoisotopic (exact) mass is 239 g/mol. The van der Waals surface area contributed by atoms with Crippen LogP contribution in [0.15, 0.2) is 0 Å². The molecule has 0 radical (unpaired) electrons. The van der Waals surface area contributed by atoms with Crippen LogP contribution in [0.5, 0.6) is 0 Å². The highest BCUT2D eigenvalue weighted by molar-refractivity contribution is 7.13. The SMILES string of the molecule is CC(C)Cc1nc(CC2CC2)sc1C(=O)O. The number of hydrogen-bond acceptors (Lipinski definition) is 3.